The smallest absolute Gasteiger partial charge is 0.359 e. The number of alkyl halides is 3. The molecule has 2 rings (SSSR count). The molecule has 1 amide bonds. The average molecular weight is 332 g/mol. The first kappa shape index (κ1) is 17.5. The Morgan fingerprint density at radius 2 is 2.00 bits per heavy atom. The Morgan fingerprint density at radius 1 is 1.39 bits per heavy atom. The molecule has 1 N–H and O–H groups in total. The molecule has 128 valence electrons. The number of piperidine rings is 1. The van der Waals surface area contributed by atoms with Crippen LogP contribution >= 0.6 is 0 Å². The van der Waals surface area contributed by atoms with Crippen molar-refractivity contribution in [3.05, 3.63) is 18.5 Å². The summed E-state index contributed by atoms with van der Waals surface area (Å²) in [7, 11) is 0. The third-order valence-electron chi connectivity index (χ3n) is 3.54. The lowest BCUT2D eigenvalue weighted by Gasteiger charge is -2.32. The van der Waals surface area contributed by atoms with Crippen LogP contribution in [0.3, 0.4) is 0 Å². The van der Waals surface area contributed by atoms with Crippen LogP contribution in [0.25, 0.3) is 0 Å². The number of carbonyl (C=O) groups excluding carboxylic acids is 1. The zero-order valence-corrected chi connectivity index (χ0v) is 12.7. The van der Waals surface area contributed by atoms with Gasteiger partial charge in [0.15, 0.2) is 0 Å². The summed E-state index contributed by atoms with van der Waals surface area (Å²) in [6.07, 6.45) is -0.889. The summed E-state index contributed by atoms with van der Waals surface area (Å²) >= 11 is 0. The standard InChI is InChI=1S/C14H19F3N4O2/c1-10(23-9-14(15,16)17)12(22)20-11-3-7-21(8-4-11)13-18-5-2-6-19-13/h2,5-6,10-11H,3-4,7-9H2,1H3,(H,20,22). The van der Waals surface area contributed by atoms with Gasteiger partial charge in [-0.3, -0.25) is 4.79 Å². The van der Waals surface area contributed by atoms with Crippen molar-refractivity contribution < 1.29 is 22.7 Å². The van der Waals surface area contributed by atoms with Crippen LogP contribution in [0.5, 0.6) is 0 Å². The maximum atomic E-state index is 12.1. The monoisotopic (exact) mass is 332 g/mol. The van der Waals surface area contributed by atoms with Crippen molar-refractivity contribution in [1.82, 2.24) is 15.3 Å². The van der Waals surface area contributed by atoms with Crippen LogP contribution in [-0.4, -0.2) is 53.9 Å². The second-order valence-electron chi connectivity index (χ2n) is 5.39. The van der Waals surface area contributed by atoms with Gasteiger partial charge in [-0.1, -0.05) is 0 Å². The second-order valence-corrected chi connectivity index (χ2v) is 5.39. The molecule has 6 nitrogen and oxygen atoms in total. The summed E-state index contributed by atoms with van der Waals surface area (Å²) in [5.74, 6) is 0.114. The number of ether oxygens (including phenoxy) is 1. The van der Waals surface area contributed by atoms with E-state index in [1.54, 1.807) is 18.5 Å². The van der Waals surface area contributed by atoms with Gasteiger partial charge in [-0.2, -0.15) is 13.2 Å². The lowest BCUT2D eigenvalue weighted by molar-refractivity contribution is -0.185. The van der Waals surface area contributed by atoms with E-state index in [0.717, 1.165) is 0 Å². The Morgan fingerprint density at radius 3 is 2.57 bits per heavy atom. The minimum Gasteiger partial charge on any atom is -0.359 e. The van der Waals surface area contributed by atoms with Crippen LogP contribution in [0.2, 0.25) is 0 Å². The summed E-state index contributed by atoms with van der Waals surface area (Å²) in [5.41, 5.74) is 0. The Bertz CT molecular complexity index is 504. The second kappa shape index (κ2) is 7.58. The van der Waals surface area contributed by atoms with E-state index in [4.69, 9.17) is 0 Å². The number of rotatable bonds is 5. The number of anilines is 1. The fourth-order valence-corrected chi connectivity index (χ4v) is 2.29. The van der Waals surface area contributed by atoms with Gasteiger partial charge in [-0.15, -0.1) is 0 Å². The van der Waals surface area contributed by atoms with Gasteiger partial charge >= 0.3 is 6.18 Å². The molecule has 0 spiro atoms. The van der Waals surface area contributed by atoms with Gasteiger partial charge in [0, 0.05) is 31.5 Å². The van der Waals surface area contributed by atoms with Crippen molar-refractivity contribution in [3.8, 4) is 0 Å². The summed E-state index contributed by atoms with van der Waals surface area (Å²) in [6.45, 7) is 1.24. The van der Waals surface area contributed by atoms with Gasteiger partial charge in [-0.25, -0.2) is 9.97 Å². The SMILES string of the molecule is CC(OCC(F)(F)F)C(=O)NC1CCN(c2ncccn2)CC1. The van der Waals surface area contributed by atoms with Crippen LogP contribution in [0.4, 0.5) is 19.1 Å². The number of aromatic nitrogens is 2. The van der Waals surface area contributed by atoms with Crippen LogP contribution < -0.4 is 10.2 Å². The first-order valence-corrected chi connectivity index (χ1v) is 7.36. The molecule has 1 aliphatic heterocycles. The number of amides is 1. The molecule has 0 saturated carbocycles. The van der Waals surface area contributed by atoms with Gasteiger partial charge in [0.1, 0.15) is 12.7 Å². The first-order chi connectivity index (χ1) is 10.8. The van der Waals surface area contributed by atoms with Crippen molar-refractivity contribution in [2.45, 2.75) is 38.1 Å². The first-order valence-electron chi connectivity index (χ1n) is 7.36. The predicted octanol–water partition coefficient (Wildman–Crippen LogP) is 1.53. The van der Waals surface area contributed by atoms with E-state index in [9.17, 15) is 18.0 Å². The van der Waals surface area contributed by atoms with Crippen LogP contribution in [0.1, 0.15) is 19.8 Å². The number of hydrogen-bond acceptors (Lipinski definition) is 5. The number of hydrogen-bond donors (Lipinski definition) is 1. The van der Waals surface area contributed by atoms with Crippen LogP contribution in [0.15, 0.2) is 18.5 Å². The third-order valence-corrected chi connectivity index (χ3v) is 3.54. The zero-order valence-electron chi connectivity index (χ0n) is 12.7. The number of nitrogens with zero attached hydrogens (tertiary/aromatic N) is 3. The minimum atomic E-state index is -4.43. The van der Waals surface area contributed by atoms with E-state index in [-0.39, 0.29) is 6.04 Å². The van der Waals surface area contributed by atoms with Crippen molar-refractivity contribution in [1.29, 1.82) is 0 Å². The fourth-order valence-electron chi connectivity index (χ4n) is 2.29. The molecule has 1 unspecified atom stereocenters. The number of halogens is 3. The maximum absolute atomic E-state index is 12.1. The molecular weight excluding hydrogens is 313 g/mol. The highest BCUT2D eigenvalue weighted by Crippen LogP contribution is 2.17. The van der Waals surface area contributed by atoms with Crippen molar-refractivity contribution >= 4 is 11.9 Å². The molecule has 1 atom stereocenters. The molecule has 1 fully saturated rings. The maximum Gasteiger partial charge on any atom is 0.411 e. The minimum absolute atomic E-state index is 0.0839. The van der Waals surface area contributed by atoms with Gasteiger partial charge < -0.3 is 15.0 Å². The predicted molar refractivity (Wildman–Crippen MR) is 76.9 cm³/mol. The van der Waals surface area contributed by atoms with Gasteiger partial charge in [0.05, 0.1) is 0 Å². The lowest BCUT2D eigenvalue weighted by atomic mass is 10.1. The summed E-state index contributed by atoms with van der Waals surface area (Å²) in [6, 6.07) is 1.65. The molecule has 1 aromatic heterocycles. The fraction of sp³-hybridized carbons (Fsp3) is 0.643. The highest BCUT2D eigenvalue weighted by Gasteiger charge is 2.30. The molecule has 1 aliphatic rings. The summed E-state index contributed by atoms with van der Waals surface area (Å²) < 4.78 is 40.7. The summed E-state index contributed by atoms with van der Waals surface area (Å²) in [4.78, 5) is 22.2. The quantitative estimate of drug-likeness (QED) is 0.886. The van der Waals surface area contributed by atoms with Crippen molar-refractivity contribution in [3.63, 3.8) is 0 Å². The lowest BCUT2D eigenvalue weighted by Crippen LogP contribution is -2.48. The highest BCUT2D eigenvalue weighted by atomic mass is 19.4. The molecule has 23 heavy (non-hydrogen) atoms. The molecule has 0 bridgehead atoms. The van der Waals surface area contributed by atoms with E-state index < -0.39 is 24.8 Å². The molecule has 0 aromatic carbocycles. The largest absolute Gasteiger partial charge is 0.411 e. The van der Waals surface area contributed by atoms with Crippen molar-refractivity contribution in [2.75, 3.05) is 24.6 Å². The van der Waals surface area contributed by atoms with E-state index in [1.165, 1.54) is 6.92 Å². The molecule has 9 heteroatoms. The Hall–Kier alpha value is -1.90. The van der Waals surface area contributed by atoms with Crippen LogP contribution in [0, 0.1) is 0 Å². The normalized spacial score (nSPS) is 17.8. The van der Waals surface area contributed by atoms with E-state index in [0.29, 0.717) is 31.9 Å². The molecule has 1 aromatic rings. The van der Waals surface area contributed by atoms with Gasteiger partial charge in [0.2, 0.25) is 11.9 Å². The number of carbonyl (C=O) groups is 1. The Balaban J connectivity index is 1.74. The Kier molecular flexibility index (Phi) is 5.75. The molecule has 0 aliphatic carbocycles. The number of nitrogens with one attached hydrogen (secondary N) is 1. The van der Waals surface area contributed by atoms with E-state index in [2.05, 4.69) is 20.0 Å². The average Bonchev–Trinajstić information content (AvgIpc) is 2.53. The molecule has 2 heterocycles. The molecular formula is C14H19F3N4O2. The van der Waals surface area contributed by atoms with Crippen LogP contribution in [-0.2, 0) is 9.53 Å². The topological polar surface area (TPSA) is 67.3 Å². The summed E-state index contributed by atoms with van der Waals surface area (Å²) in [5, 5.41) is 2.73. The van der Waals surface area contributed by atoms with Crippen molar-refractivity contribution in [2.24, 2.45) is 0 Å². The van der Waals surface area contributed by atoms with E-state index >= 15 is 0 Å². The van der Waals surface area contributed by atoms with Gasteiger partial charge in [0.25, 0.3) is 0 Å². The molecule has 1 saturated heterocycles. The zero-order chi connectivity index (χ0) is 16.9. The third kappa shape index (κ3) is 5.66. The molecule has 0 radical (unpaired) electrons. The van der Waals surface area contributed by atoms with E-state index in [1.807, 2.05) is 4.90 Å². The van der Waals surface area contributed by atoms with Gasteiger partial charge in [-0.05, 0) is 25.8 Å². The highest BCUT2D eigenvalue weighted by molar-refractivity contribution is 5.80. The Labute approximate surface area is 132 Å².